The van der Waals surface area contributed by atoms with Crippen molar-refractivity contribution in [3.63, 3.8) is 0 Å². The molecule has 0 spiro atoms. The first-order valence-corrected chi connectivity index (χ1v) is 9.69. The van der Waals surface area contributed by atoms with E-state index in [1.54, 1.807) is 21.5 Å². The molecule has 1 aliphatic rings. The minimum Gasteiger partial charge on any atom is -0.306 e. The lowest BCUT2D eigenvalue weighted by atomic mass is 9.94. The Bertz CT molecular complexity index is 849. The fourth-order valence-corrected chi connectivity index (χ4v) is 4.67. The fraction of sp³-hybridized carbons (Fsp3) is 0.375. The predicted molar refractivity (Wildman–Crippen MR) is 102 cm³/mol. The van der Waals surface area contributed by atoms with Gasteiger partial charge in [-0.15, -0.1) is 11.3 Å². The van der Waals surface area contributed by atoms with Crippen LogP contribution >= 0.6 is 40.1 Å². The van der Waals surface area contributed by atoms with Gasteiger partial charge in [0.15, 0.2) is 5.65 Å². The third kappa shape index (κ3) is 2.95. The van der Waals surface area contributed by atoms with Crippen LogP contribution in [0, 0.1) is 0 Å². The van der Waals surface area contributed by atoms with Crippen molar-refractivity contribution in [2.24, 2.45) is 0 Å². The lowest BCUT2D eigenvalue weighted by Gasteiger charge is -2.27. The zero-order valence-electron chi connectivity index (χ0n) is 12.7. The fourth-order valence-electron chi connectivity index (χ4n) is 3.14. The van der Waals surface area contributed by atoms with Gasteiger partial charge in [0.25, 0.3) is 0 Å². The highest BCUT2D eigenvalue weighted by Crippen LogP contribution is 2.36. The largest absolute Gasteiger partial charge is 0.306 e. The molecule has 0 aromatic carbocycles. The third-order valence-corrected chi connectivity index (χ3v) is 6.11. The molecule has 1 aliphatic heterocycles. The third-order valence-electron chi connectivity index (χ3n) is 4.48. The number of thiol groups is 1. The summed E-state index contributed by atoms with van der Waals surface area (Å²) in [5, 5.41) is 4.36. The van der Waals surface area contributed by atoms with E-state index < -0.39 is 0 Å². The van der Waals surface area contributed by atoms with Crippen LogP contribution in [0.5, 0.6) is 0 Å². The topological polar surface area (TPSA) is 34.0 Å². The van der Waals surface area contributed by atoms with Gasteiger partial charge in [0, 0.05) is 39.1 Å². The quantitative estimate of drug-likeness (QED) is 0.636. The summed E-state index contributed by atoms with van der Waals surface area (Å²) in [5.74, 6) is 0.588. The van der Waals surface area contributed by atoms with Gasteiger partial charge < -0.3 is 4.90 Å². The number of pyridine rings is 1. The smallest absolute Gasteiger partial charge is 0.150 e. The summed E-state index contributed by atoms with van der Waals surface area (Å²) in [5.41, 5.74) is 3.21. The average molecular weight is 409 g/mol. The van der Waals surface area contributed by atoms with Crippen molar-refractivity contribution in [3.8, 4) is 10.6 Å². The number of aromatic nitrogens is 3. The van der Waals surface area contributed by atoms with Crippen LogP contribution in [-0.4, -0.2) is 39.0 Å². The molecule has 23 heavy (non-hydrogen) atoms. The zero-order chi connectivity index (χ0) is 16.0. The SMILES string of the molecule is CN1CCC(c2csc(-c3cn(S)c4ncc(Br)cc34)n2)CC1. The Morgan fingerprint density at radius 1 is 1.35 bits per heavy atom. The summed E-state index contributed by atoms with van der Waals surface area (Å²) in [6.07, 6.45) is 6.19. The van der Waals surface area contributed by atoms with E-state index in [0.29, 0.717) is 5.92 Å². The van der Waals surface area contributed by atoms with Crippen LogP contribution in [0.15, 0.2) is 28.3 Å². The van der Waals surface area contributed by atoms with Crippen molar-refractivity contribution in [3.05, 3.63) is 34.0 Å². The maximum atomic E-state index is 4.93. The predicted octanol–water partition coefficient (Wildman–Crippen LogP) is 4.42. The summed E-state index contributed by atoms with van der Waals surface area (Å²) in [6, 6.07) is 2.08. The molecule has 7 heteroatoms. The van der Waals surface area contributed by atoms with E-state index in [1.807, 2.05) is 6.20 Å². The van der Waals surface area contributed by atoms with Crippen LogP contribution in [0.3, 0.4) is 0 Å². The Kier molecular flexibility index (Phi) is 4.21. The summed E-state index contributed by atoms with van der Waals surface area (Å²) in [7, 11) is 2.19. The van der Waals surface area contributed by atoms with Crippen molar-refractivity contribution in [1.29, 1.82) is 0 Å². The molecule has 120 valence electrons. The van der Waals surface area contributed by atoms with Crippen LogP contribution in [0.4, 0.5) is 0 Å². The van der Waals surface area contributed by atoms with Crippen LogP contribution in [-0.2, 0) is 0 Å². The molecule has 0 amide bonds. The lowest BCUT2D eigenvalue weighted by molar-refractivity contribution is 0.254. The number of halogens is 1. The van der Waals surface area contributed by atoms with Crippen molar-refractivity contribution in [2.45, 2.75) is 18.8 Å². The first-order valence-electron chi connectivity index (χ1n) is 7.62. The number of nitrogens with zero attached hydrogens (tertiary/aromatic N) is 4. The molecule has 4 nitrogen and oxygen atoms in total. The molecule has 0 unspecified atom stereocenters. The number of thiazole rings is 1. The van der Waals surface area contributed by atoms with E-state index in [-0.39, 0.29) is 0 Å². The zero-order valence-corrected chi connectivity index (χ0v) is 16.0. The molecule has 0 N–H and O–H groups in total. The van der Waals surface area contributed by atoms with Gasteiger partial charge in [0.05, 0.1) is 5.69 Å². The molecule has 0 atom stereocenters. The van der Waals surface area contributed by atoms with Gasteiger partial charge in [-0.3, -0.25) is 3.97 Å². The van der Waals surface area contributed by atoms with Gasteiger partial charge in [0.2, 0.25) is 0 Å². The second kappa shape index (κ2) is 6.20. The van der Waals surface area contributed by atoms with Crippen LogP contribution in [0.2, 0.25) is 0 Å². The molecular weight excluding hydrogens is 392 g/mol. The monoisotopic (exact) mass is 408 g/mol. The minimum absolute atomic E-state index is 0.588. The first kappa shape index (κ1) is 15.6. The number of piperidine rings is 1. The molecule has 0 saturated carbocycles. The van der Waals surface area contributed by atoms with Gasteiger partial charge in [-0.1, -0.05) is 12.8 Å². The van der Waals surface area contributed by atoms with Crippen molar-refractivity contribution in [2.75, 3.05) is 20.1 Å². The van der Waals surface area contributed by atoms with E-state index in [9.17, 15) is 0 Å². The second-order valence-electron chi connectivity index (χ2n) is 6.07. The summed E-state index contributed by atoms with van der Waals surface area (Å²) in [6.45, 7) is 2.31. The standard InChI is InChI=1S/C16H17BrN4S2/c1-20-4-2-10(3-5-20)14-9-23-16(19-14)13-8-21(22)15-12(13)6-11(17)7-18-15/h6-10,22H,2-5H2,1H3. The molecule has 1 fully saturated rings. The molecule has 1 saturated heterocycles. The maximum absolute atomic E-state index is 4.93. The van der Waals surface area contributed by atoms with Crippen molar-refractivity contribution >= 4 is 51.1 Å². The Balaban J connectivity index is 1.70. The molecule has 0 radical (unpaired) electrons. The van der Waals surface area contributed by atoms with E-state index in [4.69, 9.17) is 4.98 Å². The average Bonchev–Trinajstić information content (AvgIpc) is 3.13. The normalized spacial score (nSPS) is 17.2. The highest BCUT2D eigenvalue weighted by Gasteiger charge is 2.22. The lowest BCUT2D eigenvalue weighted by Crippen LogP contribution is -2.29. The van der Waals surface area contributed by atoms with Gasteiger partial charge >= 0.3 is 0 Å². The van der Waals surface area contributed by atoms with Crippen molar-refractivity contribution < 1.29 is 0 Å². The Labute approximate surface area is 153 Å². The van der Waals surface area contributed by atoms with Crippen LogP contribution in [0.25, 0.3) is 21.6 Å². The maximum Gasteiger partial charge on any atom is 0.150 e. The van der Waals surface area contributed by atoms with Crippen molar-refractivity contribution in [1.82, 2.24) is 18.8 Å². The van der Waals surface area contributed by atoms with Crippen LogP contribution < -0.4 is 0 Å². The Morgan fingerprint density at radius 2 is 2.13 bits per heavy atom. The van der Waals surface area contributed by atoms with E-state index >= 15 is 0 Å². The van der Waals surface area contributed by atoms with Gasteiger partial charge in [-0.05, 0) is 55.0 Å². The Morgan fingerprint density at radius 3 is 2.91 bits per heavy atom. The number of rotatable bonds is 2. The van der Waals surface area contributed by atoms with Gasteiger partial charge in [0.1, 0.15) is 5.01 Å². The highest BCUT2D eigenvalue weighted by molar-refractivity contribution is 9.10. The molecule has 3 aromatic heterocycles. The highest BCUT2D eigenvalue weighted by atomic mass is 79.9. The molecule has 3 aromatic rings. The molecule has 4 heterocycles. The number of hydrogen-bond acceptors (Lipinski definition) is 5. The number of likely N-dealkylation sites (tertiary alicyclic amines) is 1. The number of hydrogen-bond donors (Lipinski definition) is 1. The first-order chi connectivity index (χ1) is 11.1. The molecule has 0 aliphatic carbocycles. The summed E-state index contributed by atoms with van der Waals surface area (Å²) >= 11 is 9.70. The van der Waals surface area contributed by atoms with E-state index in [1.165, 1.54) is 18.5 Å². The molecule has 0 bridgehead atoms. The Hall–Kier alpha value is -0.890. The molecule has 4 rings (SSSR count). The van der Waals surface area contributed by atoms with E-state index in [0.717, 1.165) is 39.2 Å². The summed E-state index contributed by atoms with van der Waals surface area (Å²) < 4.78 is 2.74. The van der Waals surface area contributed by atoms with E-state index in [2.05, 4.69) is 57.1 Å². The van der Waals surface area contributed by atoms with Crippen LogP contribution in [0.1, 0.15) is 24.5 Å². The summed E-state index contributed by atoms with van der Waals surface area (Å²) in [4.78, 5) is 11.8. The van der Waals surface area contributed by atoms with Gasteiger partial charge in [-0.25, -0.2) is 9.97 Å². The molecular formula is C16H17BrN4S2. The van der Waals surface area contributed by atoms with Gasteiger partial charge in [-0.2, -0.15) is 0 Å². The number of fused-ring (bicyclic) bond motifs is 1. The second-order valence-corrected chi connectivity index (χ2v) is 8.27. The minimum atomic E-state index is 0.588.